The molecule has 1 atom stereocenters. The quantitative estimate of drug-likeness (QED) is 0.807. The molecule has 2 aromatic rings. The standard InChI is InChI=1S/C20H22N6OS/c1-10-5-12(11(2)28-10)16-13(8-21)18(22)26(19-23-9-24-25-19)14-6-20(3,4)7-15(27)17(14)16/h5,9,16H,6-7,22H2,1-4H3,(H,23,24,25)/t16-/m1/s1. The van der Waals surface area contributed by atoms with E-state index in [0.717, 1.165) is 21.0 Å². The van der Waals surface area contributed by atoms with E-state index >= 15 is 0 Å². The van der Waals surface area contributed by atoms with Gasteiger partial charge in [-0.3, -0.25) is 9.69 Å². The first-order valence-corrected chi connectivity index (χ1v) is 9.93. The smallest absolute Gasteiger partial charge is 0.231 e. The van der Waals surface area contributed by atoms with Crippen molar-refractivity contribution in [3.05, 3.63) is 50.4 Å². The molecule has 144 valence electrons. The van der Waals surface area contributed by atoms with Crippen LogP contribution in [0, 0.1) is 30.6 Å². The zero-order chi connectivity index (χ0) is 20.2. The number of thiophene rings is 1. The van der Waals surface area contributed by atoms with Crippen molar-refractivity contribution in [3.8, 4) is 6.07 Å². The molecule has 1 aliphatic heterocycles. The van der Waals surface area contributed by atoms with Crippen LogP contribution in [0.25, 0.3) is 0 Å². The Bertz CT molecular complexity index is 1070. The first-order valence-electron chi connectivity index (χ1n) is 9.12. The second kappa shape index (κ2) is 6.31. The lowest BCUT2D eigenvalue weighted by Gasteiger charge is -2.42. The highest BCUT2D eigenvalue weighted by atomic mass is 32.1. The Labute approximate surface area is 167 Å². The van der Waals surface area contributed by atoms with Gasteiger partial charge in [0.2, 0.25) is 5.95 Å². The summed E-state index contributed by atoms with van der Waals surface area (Å²) in [6.07, 6.45) is 2.49. The number of Topliss-reactive ketones (excluding diaryl/α,β-unsaturated/α-hetero) is 1. The highest BCUT2D eigenvalue weighted by Gasteiger charge is 2.45. The summed E-state index contributed by atoms with van der Waals surface area (Å²) in [6.45, 7) is 8.20. The number of nitriles is 1. The van der Waals surface area contributed by atoms with Crippen LogP contribution in [0.15, 0.2) is 35.1 Å². The van der Waals surface area contributed by atoms with E-state index < -0.39 is 5.92 Å². The van der Waals surface area contributed by atoms with E-state index in [2.05, 4.69) is 41.2 Å². The number of rotatable bonds is 2. The zero-order valence-electron chi connectivity index (χ0n) is 16.3. The average Bonchev–Trinajstić information content (AvgIpc) is 3.22. The van der Waals surface area contributed by atoms with E-state index in [-0.39, 0.29) is 11.2 Å². The van der Waals surface area contributed by atoms with Gasteiger partial charge in [-0.25, -0.2) is 5.10 Å². The van der Waals surface area contributed by atoms with Crippen LogP contribution in [0.2, 0.25) is 0 Å². The molecule has 7 nitrogen and oxygen atoms in total. The van der Waals surface area contributed by atoms with Crippen LogP contribution in [-0.2, 0) is 4.79 Å². The van der Waals surface area contributed by atoms with Crippen molar-refractivity contribution in [2.45, 2.75) is 46.5 Å². The second-order valence-electron chi connectivity index (χ2n) is 8.16. The predicted octanol–water partition coefficient (Wildman–Crippen LogP) is 3.42. The van der Waals surface area contributed by atoms with Gasteiger partial charge in [-0.1, -0.05) is 13.8 Å². The molecule has 28 heavy (non-hydrogen) atoms. The lowest BCUT2D eigenvalue weighted by atomic mass is 9.68. The minimum atomic E-state index is -0.437. The molecule has 2 aromatic heterocycles. The van der Waals surface area contributed by atoms with Gasteiger partial charge in [0, 0.05) is 27.4 Å². The number of aromatic amines is 1. The van der Waals surface area contributed by atoms with Crippen molar-refractivity contribution in [2.24, 2.45) is 11.1 Å². The number of aryl methyl sites for hydroxylation is 2. The summed E-state index contributed by atoms with van der Waals surface area (Å²) >= 11 is 1.67. The van der Waals surface area contributed by atoms with Crippen molar-refractivity contribution < 1.29 is 4.79 Å². The second-order valence-corrected chi connectivity index (χ2v) is 9.62. The van der Waals surface area contributed by atoms with Crippen molar-refractivity contribution in [1.82, 2.24) is 15.2 Å². The highest BCUT2D eigenvalue weighted by molar-refractivity contribution is 7.12. The predicted molar refractivity (Wildman–Crippen MR) is 107 cm³/mol. The van der Waals surface area contributed by atoms with Gasteiger partial charge >= 0.3 is 0 Å². The number of H-pyrrole nitrogens is 1. The maximum Gasteiger partial charge on any atom is 0.231 e. The maximum atomic E-state index is 13.3. The Morgan fingerprint density at radius 2 is 2.14 bits per heavy atom. The molecule has 0 unspecified atom stereocenters. The number of ketones is 1. The summed E-state index contributed by atoms with van der Waals surface area (Å²) in [4.78, 5) is 21.5. The minimum Gasteiger partial charge on any atom is -0.384 e. The Kier molecular flexibility index (Phi) is 4.16. The third kappa shape index (κ3) is 2.74. The number of allylic oxidation sites excluding steroid dienone is 3. The fraction of sp³-hybridized carbons (Fsp3) is 0.400. The topological polar surface area (TPSA) is 112 Å². The van der Waals surface area contributed by atoms with Gasteiger partial charge in [-0.05, 0) is 37.3 Å². The fourth-order valence-corrected chi connectivity index (χ4v) is 5.27. The molecule has 3 N–H and O–H groups in total. The Morgan fingerprint density at radius 1 is 1.39 bits per heavy atom. The molecule has 8 heteroatoms. The van der Waals surface area contributed by atoms with Crippen molar-refractivity contribution >= 4 is 23.1 Å². The van der Waals surface area contributed by atoms with Gasteiger partial charge in [0.15, 0.2) is 5.78 Å². The number of carbonyl (C=O) groups is 1. The van der Waals surface area contributed by atoms with E-state index in [0.29, 0.717) is 35.8 Å². The molecule has 0 spiro atoms. The number of nitrogens with zero attached hydrogens (tertiary/aromatic N) is 4. The molecule has 0 radical (unpaired) electrons. The minimum absolute atomic E-state index is 0.0595. The molecular formula is C20H22N6OS. The summed E-state index contributed by atoms with van der Waals surface area (Å²) in [5, 5.41) is 16.7. The molecule has 0 saturated heterocycles. The Morgan fingerprint density at radius 3 is 2.71 bits per heavy atom. The van der Waals surface area contributed by atoms with E-state index in [1.165, 1.54) is 6.33 Å². The number of carbonyl (C=O) groups excluding carboxylic acids is 1. The van der Waals surface area contributed by atoms with Crippen molar-refractivity contribution in [3.63, 3.8) is 0 Å². The molecule has 0 aromatic carbocycles. The number of anilines is 1. The van der Waals surface area contributed by atoms with Crippen LogP contribution < -0.4 is 10.6 Å². The van der Waals surface area contributed by atoms with Crippen LogP contribution in [0.4, 0.5) is 5.95 Å². The van der Waals surface area contributed by atoms with Gasteiger partial charge in [0.1, 0.15) is 12.1 Å². The molecular weight excluding hydrogens is 372 g/mol. The first kappa shape index (κ1) is 18.4. The number of hydrogen-bond donors (Lipinski definition) is 2. The fourth-order valence-electron chi connectivity index (χ4n) is 4.31. The average molecular weight is 395 g/mol. The molecule has 2 aliphatic rings. The van der Waals surface area contributed by atoms with Crippen molar-refractivity contribution in [1.29, 1.82) is 5.26 Å². The summed E-state index contributed by atoms with van der Waals surface area (Å²) in [7, 11) is 0. The van der Waals surface area contributed by atoms with Crippen LogP contribution in [0.3, 0.4) is 0 Å². The molecule has 3 heterocycles. The third-order valence-corrected chi connectivity index (χ3v) is 6.37. The maximum absolute atomic E-state index is 13.3. The van der Waals surface area contributed by atoms with E-state index in [1.54, 1.807) is 16.2 Å². The highest BCUT2D eigenvalue weighted by Crippen LogP contribution is 2.50. The number of hydrogen-bond acceptors (Lipinski definition) is 7. The Balaban J connectivity index is 2.02. The number of aromatic nitrogens is 3. The molecule has 4 rings (SSSR count). The van der Waals surface area contributed by atoms with Crippen molar-refractivity contribution in [2.75, 3.05) is 4.90 Å². The van der Waals surface area contributed by atoms with Gasteiger partial charge in [0.25, 0.3) is 0 Å². The van der Waals surface area contributed by atoms with Crippen LogP contribution in [-0.4, -0.2) is 21.0 Å². The van der Waals surface area contributed by atoms with Crippen LogP contribution >= 0.6 is 11.3 Å². The molecule has 1 aliphatic carbocycles. The Hall–Kier alpha value is -2.92. The summed E-state index contributed by atoms with van der Waals surface area (Å²) in [6, 6.07) is 4.34. The molecule has 0 saturated carbocycles. The number of nitrogens with one attached hydrogen (secondary N) is 1. The molecule has 0 amide bonds. The van der Waals surface area contributed by atoms with Crippen LogP contribution in [0.1, 0.15) is 47.9 Å². The van der Waals surface area contributed by atoms with Gasteiger partial charge in [0.05, 0.1) is 17.6 Å². The largest absolute Gasteiger partial charge is 0.384 e. The van der Waals surface area contributed by atoms with Crippen LogP contribution in [0.5, 0.6) is 0 Å². The van der Waals surface area contributed by atoms with E-state index in [9.17, 15) is 10.1 Å². The number of nitrogens with two attached hydrogens (primary N) is 1. The molecule has 0 bridgehead atoms. The lowest BCUT2D eigenvalue weighted by Crippen LogP contribution is -2.42. The SMILES string of the molecule is Cc1cc([C@@H]2C(C#N)=C(N)N(c3ncn[nH]3)C3=C2C(=O)CC(C)(C)C3)c(C)s1. The monoisotopic (exact) mass is 394 g/mol. The summed E-state index contributed by atoms with van der Waals surface area (Å²) in [5.41, 5.74) is 9.13. The van der Waals surface area contributed by atoms with Gasteiger partial charge in [-0.2, -0.15) is 15.3 Å². The summed E-state index contributed by atoms with van der Waals surface area (Å²) in [5.74, 6) is 0.341. The zero-order valence-corrected chi connectivity index (χ0v) is 17.1. The normalized spacial score (nSPS) is 21.8. The summed E-state index contributed by atoms with van der Waals surface area (Å²) < 4.78 is 0. The first-order chi connectivity index (χ1) is 13.2. The third-order valence-electron chi connectivity index (χ3n) is 5.39. The van der Waals surface area contributed by atoms with Gasteiger partial charge in [-0.15, -0.1) is 11.3 Å². The van der Waals surface area contributed by atoms with E-state index in [4.69, 9.17) is 5.73 Å². The lowest BCUT2D eigenvalue weighted by molar-refractivity contribution is -0.118. The van der Waals surface area contributed by atoms with E-state index in [1.807, 2.05) is 13.8 Å². The van der Waals surface area contributed by atoms with Gasteiger partial charge < -0.3 is 5.73 Å². The molecule has 0 fully saturated rings.